The molecule has 7 nitrogen and oxygen atoms in total. The molecule has 2 aromatic carbocycles. The van der Waals surface area contributed by atoms with E-state index in [1.54, 1.807) is 0 Å². The zero-order chi connectivity index (χ0) is 24.8. The number of carboxylic acid groups (broad SMARTS) is 1. The zero-order valence-corrected chi connectivity index (χ0v) is 20.2. The van der Waals surface area contributed by atoms with E-state index in [9.17, 15) is 19.5 Å². The second-order valence-corrected chi connectivity index (χ2v) is 9.60. The molecule has 1 fully saturated rings. The Bertz CT molecular complexity index is 1030. The van der Waals surface area contributed by atoms with Gasteiger partial charge in [-0.3, -0.25) is 4.79 Å². The highest BCUT2D eigenvalue weighted by Crippen LogP contribution is 2.44. The van der Waals surface area contributed by atoms with E-state index in [2.05, 4.69) is 22.8 Å². The molecule has 2 aliphatic rings. The molecule has 0 spiro atoms. The van der Waals surface area contributed by atoms with Crippen molar-refractivity contribution < 1.29 is 24.2 Å². The molecule has 0 unspecified atom stereocenters. The Labute approximate surface area is 206 Å². The molecule has 7 heteroatoms. The summed E-state index contributed by atoms with van der Waals surface area (Å²) >= 11 is 0. The van der Waals surface area contributed by atoms with Crippen LogP contribution in [-0.4, -0.2) is 41.3 Å². The summed E-state index contributed by atoms with van der Waals surface area (Å²) in [4.78, 5) is 37.9. The zero-order valence-electron chi connectivity index (χ0n) is 20.2. The van der Waals surface area contributed by atoms with Crippen molar-refractivity contribution in [2.75, 3.05) is 6.61 Å². The van der Waals surface area contributed by atoms with Crippen LogP contribution in [0.1, 0.15) is 75.3 Å². The number of amides is 2. The molecule has 4 rings (SSSR count). The SMILES string of the molecule is CCC[C@H](NC(=O)OCC1c2ccccc2-c2ccccc21)C(=O)NC1(C(=O)O)CCCCCC1. The summed E-state index contributed by atoms with van der Waals surface area (Å²) in [6.07, 6.45) is 4.60. The van der Waals surface area contributed by atoms with E-state index in [0.717, 1.165) is 47.9 Å². The van der Waals surface area contributed by atoms with Crippen LogP contribution in [0.2, 0.25) is 0 Å². The molecule has 2 aromatic rings. The summed E-state index contributed by atoms with van der Waals surface area (Å²) in [6.45, 7) is 2.07. The van der Waals surface area contributed by atoms with Gasteiger partial charge in [-0.1, -0.05) is 87.6 Å². The lowest BCUT2D eigenvalue weighted by atomic mass is 9.89. The maximum atomic E-state index is 13.1. The van der Waals surface area contributed by atoms with Gasteiger partial charge in [0.1, 0.15) is 18.2 Å². The Morgan fingerprint density at radius 1 is 0.971 bits per heavy atom. The maximum Gasteiger partial charge on any atom is 0.407 e. The minimum absolute atomic E-state index is 0.0760. The summed E-state index contributed by atoms with van der Waals surface area (Å²) in [6, 6.07) is 15.3. The third-order valence-electron chi connectivity index (χ3n) is 7.26. The number of nitrogens with one attached hydrogen (secondary N) is 2. The van der Waals surface area contributed by atoms with Crippen LogP contribution in [0.15, 0.2) is 48.5 Å². The van der Waals surface area contributed by atoms with Crippen LogP contribution >= 0.6 is 0 Å². The van der Waals surface area contributed by atoms with Crippen molar-refractivity contribution in [2.45, 2.75) is 75.8 Å². The first-order valence-electron chi connectivity index (χ1n) is 12.6. The Morgan fingerprint density at radius 3 is 2.09 bits per heavy atom. The summed E-state index contributed by atoms with van der Waals surface area (Å²) in [7, 11) is 0. The van der Waals surface area contributed by atoms with Gasteiger partial charge in [-0.25, -0.2) is 9.59 Å². The van der Waals surface area contributed by atoms with Crippen molar-refractivity contribution in [3.63, 3.8) is 0 Å². The van der Waals surface area contributed by atoms with Crippen molar-refractivity contribution in [1.82, 2.24) is 10.6 Å². The third-order valence-corrected chi connectivity index (χ3v) is 7.26. The van der Waals surface area contributed by atoms with Crippen LogP contribution in [0.5, 0.6) is 0 Å². The van der Waals surface area contributed by atoms with Gasteiger partial charge in [0.15, 0.2) is 0 Å². The van der Waals surface area contributed by atoms with Gasteiger partial charge in [0.2, 0.25) is 5.91 Å². The monoisotopic (exact) mass is 478 g/mol. The molecule has 2 amide bonds. The molecule has 0 radical (unpaired) electrons. The highest BCUT2D eigenvalue weighted by atomic mass is 16.5. The summed E-state index contributed by atoms with van der Waals surface area (Å²) in [5.74, 6) is -1.55. The first kappa shape index (κ1) is 24.8. The van der Waals surface area contributed by atoms with Crippen LogP contribution in [0.25, 0.3) is 11.1 Å². The van der Waals surface area contributed by atoms with E-state index in [1.165, 1.54) is 0 Å². The number of hydrogen-bond donors (Lipinski definition) is 3. The molecule has 186 valence electrons. The fourth-order valence-electron chi connectivity index (χ4n) is 5.39. The van der Waals surface area contributed by atoms with Crippen molar-refractivity contribution in [1.29, 1.82) is 0 Å². The van der Waals surface area contributed by atoms with E-state index < -0.39 is 29.6 Å². The number of fused-ring (bicyclic) bond motifs is 3. The van der Waals surface area contributed by atoms with Crippen molar-refractivity contribution in [2.24, 2.45) is 0 Å². The number of alkyl carbamates (subject to hydrolysis) is 1. The number of hydrogen-bond acceptors (Lipinski definition) is 4. The predicted molar refractivity (Wildman–Crippen MR) is 133 cm³/mol. The number of carboxylic acids is 1. The van der Waals surface area contributed by atoms with E-state index in [1.807, 2.05) is 43.3 Å². The van der Waals surface area contributed by atoms with Crippen molar-refractivity contribution in [3.8, 4) is 11.1 Å². The molecule has 0 saturated heterocycles. The first-order valence-corrected chi connectivity index (χ1v) is 12.6. The molecule has 0 heterocycles. The van der Waals surface area contributed by atoms with Gasteiger partial charge in [-0.2, -0.15) is 0 Å². The minimum Gasteiger partial charge on any atom is -0.480 e. The van der Waals surface area contributed by atoms with Crippen LogP contribution in [0, 0.1) is 0 Å². The topological polar surface area (TPSA) is 105 Å². The highest BCUT2D eigenvalue weighted by Gasteiger charge is 2.41. The van der Waals surface area contributed by atoms with E-state index in [4.69, 9.17) is 4.74 Å². The Balaban J connectivity index is 1.41. The van der Waals surface area contributed by atoms with Crippen LogP contribution < -0.4 is 10.6 Å². The molecule has 2 aliphatic carbocycles. The summed E-state index contributed by atoms with van der Waals surface area (Å²) in [5, 5.41) is 15.4. The molecule has 0 bridgehead atoms. The number of benzene rings is 2. The largest absolute Gasteiger partial charge is 0.480 e. The number of carbonyl (C=O) groups is 3. The smallest absolute Gasteiger partial charge is 0.407 e. The van der Waals surface area contributed by atoms with Crippen molar-refractivity contribution >= 4 is 18.0 Å². The lowest BCUT2D eigenvalue weighted by molar-refractivity contribution is -0.148. The van der Waals surface area contributed by atoms with Crippen LogP contribution in [0.3, 0.4) is 0 Å². The van der Waals surface area contributed by atoms with Crippen LogP contribution in [-0.2, 0) is 14.3 Å². The molecule has 0 aliphatic heterocycles. The van der Waals surface area contributed by atoms with Gasteiger partial charge < -0.3 is 20.5 Å². The average molecular weight is 479 g/mol. The first-order chi connectivity index (χ1) is 16.9. The molecule has 0 aromatic heterocycles. The van der Waals surface area contributed by atoms with Crippen LogP contribution in [0.4, 0.5) is 4.79 Å². The number of ether oxygens (including phenoxy) is 1. The summed E-state index contributed by atoms with van der Waals surface area (Å²) in [5.41, 5.74) is 3.23. The lowest BCUT2D eigenvalue weighted by Gasteiger charge is -2.31. The van der Waals surface area contributed by atoms with Gasteiger partial charge >= 0.3 is 12.1 Å². The Morgan fingerprint density at radius 2 is 1.54 bits per heavy atom. The molecular formula is C28H34N2O5. The van der Waals surface area contributed by atoms with Gasteiger partial charge in [0.25, 0.3) is 0 Å². The third kappa shape index (κ3) is 5.34. The molecule has 35 heavy (non-hydrogen) atoms. The molecule has 1 atom stereocenters. The quantitative estimate of drug-likeness (QED) is 0.464. The number of carbonyl (C=O) groups excluding carboxylic acids is 2. The maximum absolute atomic E-state index is 13.1. The fraction of sp³-hybridized carbons (Fsp3) is 0.464. The molecule has 1 saturated carbocycles. The van der Waals surface area contributed by atoms with Gasteiger partial charge in [-0.05, 0) is 41.5 Å². The molecular weight excluding hydrogens is 444 g/mol. The normalized spacial score (nSPS) is 17.4. The predicted octanol–water partition coefficient (Wildman–Crippen LogP) is 4.99. The van der Waals surface area contributed by atoms with Crippen molar-refractivity contribution in [3.05, 3.63) is 59.7 Å². The summed E-state index contributed by atoms with van der Waals surface area (Å²) < 4.78 is 5.60. The lowest BCUT2D eigenvalue weighted by Crippen LogP contribution is -2.59. The fourth-order valence-corrected chi connectivity index (χ4v) is 5.39. The van der Waals surface area contributed by atoms with Gasteiger partial charge in [-0.15, -0.1) is 0 Å². The molecule has 3 N–H and O–H groups in total. The second-order valence-electron chi connectivity index (χ2n) is 9.60. The number of rotatable bonds is 8. The van der Waals surface area contributed by atoms with E-state index >= 15 is 0 Å². The average Bonchev–Trinajstić information content (AvgIpc) is 2.98. The Kier molecular flexibility index (Phi) is 7.73. The van der Waals surface area contributed by atoms with Gasteiger partial charge in [0.05, 0.1) is 0 Å². The minimum atomic E-state index is -1.28. The van der Waals surface area contributed by atoms with Gasteiger partial charge in [0, 0.05) is 5.92 Å². The van der Waals surface area contributed by atoms with E-state index in [-0.39, 0.29) is 12.5 Å². The second kappa shape index (κ2) is 10.9. The Hall–Kier alpha value is -3.35. The highest BCUT2D eigenvalue weighted by molar-refractivity contribution is 5.91. The number of aliphatic carboxylic acids is 1. The van der Waals surface area contributed by atoms with E-state index in [0.29, 0.717) is 25.7 Å². The standard InChI is InChI=1S/C28H34N2O5/c1-2-11-24(25(31)30-28(26(32)33)16-9-3-4-10-17-28)29-27(34)35-18-23-21-14-7-5-12-19(21)20-13-6-8-15-22(20)23/h5-8,12-15,23-24H,2-4,9-11,16-18H2,1H3,(H,29,34)(H,30,31)(H,32,33)/t24-/m0/s1.